The zero-order valence-electron chi connectivity index (χ0n) is 8.48. The second-order valence-electron chi connectivity index (χ2n) is 3.06. The largest absolute Gasteiger partial charge is 0.477 e. The fraction of sp³-hybridized carbons (Fsp3) is 0.300. The molecule has 0 saturated carbocycles. The minimum Gasteiger partial charge on any atom is -0.477 e. The number of carboxylic acids is 1. The summed E-state index contributed by atoms with van der Waals surface area (Å²) >= 11 is 0. The van der Waals surface area contributed by atoms with Crippen molar-refractivity contribution in [2.24, 2.45) is 0 Å². The molecule has 5 heteroatoms. The molecule has 1 heterocycles. The first-order chi connectivity index (χ1) is 7.02. The summed E-state index contributed by atoms with van der Waals surface area (Å²) in [6, 6.07) is 1.15. The summed E-state index contributed by atoms with van der Waals surface area (Å²) in [7, 11) is 0. The van der Waals surface area contributed by atoms with Crippen LogP contribution in [0.25, 0.3) is 0 Å². The topological polar surface area (TPSA) is 75.1 Å². The van der Waals surface area contributed by atoms with Crippen molar-refractivity contribution >= 4 is 11.9 Å². The molecule has 0 aliphatic heterocycles. The van der Waals surface area contributed by atoms with E-state index in [4.69, 9.17) is 11.5 Å². The van der Waals surface area contributed by atoms with Crippen molar-refractivity contribution in [1.29, 1.82) is 0 Å². The van der Waals surface area contributed by atoms with Gasteiger partial charge in [-0.25, -0.2) is 14.8 Å². The van der Waals surface area contributed by atoms with E-state index in [0.717, 1.165) is 0 Å². The van der Waals surface area contributed by atoms with Crippen molar-refractivity contribution in [2.75, 3.05) is 5.32 Å². The summed E-state index contributed by atoms with van der Waals surface area (Å²) in [5.41, 5.74) is 0.531. The van der Waals surface area contributed by atoms with Gasteiger partial charge in [0.15, 0.2) is 5.69 Å². The number of carboxylic acid groups (broad SMARTS) is 1. The number of hydrogen-bond donors (Lipinski definition) is 2. The lowest BCUT2D eigenvalue weighted by Gasteiger charge is -2.08. The molecule has 1 atom stereocenters. The molecule has 0 aromatic carbocycles. The fourth-order valence-corrected chi connectivity index (χ4v) is 0.978. The van der Waals surface area contributed by atoms with Gasteiger partial charge in [-0.3, -0.25) is 0 Å². The third kappa shape index (κ3) is 2.95. The van der Waals surface area contributed by atoms with Crippen LogP contribution in [0.2, 0.25) is 0 Å². The predicted molar refractivity (Wildman–Crippen MR) is 55.6 cm³/mol. The first-order valence-corrected chi connectivity index (χ1v) is 4.34. The molecule has 78 valence electrons. The van der Waals surface area contributed by atoms with Gasteiger partial charge in [0, 0.05) is 5.69 Å². The number of aryl methyl sites for hydroxylation is 1. The lowest BCUT2D eigenvalue weighted by molar-refractivity contribution is 0.0690. The van der Waals surface area contributed by atoms with E-state index in [0.29, 0.717) is 5.69 Å². The molecule has 0 fully saturated rings. The number of hydrogen-bond acceptors (Lipinski definition) is 4. The molecule has 0 aliphatic carbocycles. The van der Waals surface area contributed by atoms with Gasteiger partial charge < -0.3 is 10.4 Å². The predicted octanol–water partition coefficient (Wildman–Crippen LogP) is 0.917. The highest BCUT2D eigenvalue weighted by molar-refractivity contribution is 5.85. The molecule has 1 unspecified atom stereocenters. The Hall–Kier alpha value is -2.09. The Morgan fingerprint density at radius 2 is 2.33 bits per heavy atom. The molecular weight excluding hydrogens is 194 g/mol. The fourth-order valence-electron chi connectivity index (χ4n) is 0.978. The molecule has 0 radical (unpaired) electrons. The number of terminal acetylenes is 1. The first kappa shape index (κ1) is 11.0. The summed E-state index contributed by atoms with van der Waals surface area (Å²) in [5.74, 6) is 1.59. The second kappa shape index (κ2) is 4.42. The van der Waals surface area contributed by atoms with Gasteiger partial charge in [-0.1, -0.05) is 5.92 Å². The molecular formula is C10H11N3O2. The number of anilines is 1. The van der Waals surface area contributed by atoms with Gasteiger partial charge in [0.25, 0.3) is 0 Å². The molecule has 2 N–H and O–H groups in total. The Morgan fingerprint density at radius 1 is 1.67 bits per heavy atom. The second-order valence-corrected chi connectivity index (χ2v) is 3.06. The van der Waals surface area contributed by atoms with Crippen LogP contribution in [0.1, 0.15) is 23.1 Å². The van der Waals surface area contributed by atoms with Crippen LogP contribution in [0.4, 0.5) is 5.95 Å². The van der Waals surface area contributed by atoms with Crippen LogP contribution < -0.4 is 5.32 Å². The minimum atomic E-state index is -1.09. The van der Waals surface area contributed by atoms with Gasteiger partial charge in [-0.2, -0.15) is 0 Å². The third-order valence-electron chi connectivity index (χ3n) is 1.67. The van der Waals surface area contributed by atoms with Gasteiger partial charge in [0.2, 0.25) is 5.95 Å². The maximum absolute atomic E-state index is 10.7. The lowest BCUT2D eigenvalue weighted by Crippen LogP contribution is -2.16. The van der Waals surface area contributed by atoms with Crippen molar-refractivity contribution in [3.8, 4) is 12.3 Å². The summed E-state index contributed by atoms with van der Waals surface area (Å²) in [4.78, 5) is 18.5. The SMILES string of the molecule is C#CC(C)Nc1nc(C)cc(C(=O)O)n1. The van der Waals surface area contributed by atoms with Gasteiger partial charge in [-0.15, -0.1) is 6.42 Å². The smallest absolute Gasteiger partial charge is 0.354 e. The highest BCUT2D eigenvalue weighted by atomic mass is 16.4. The maximum Gasteiger partial charge on any atom is 0.354 e. The molecule has 0 bridgehead atoms. The number of aromatic nitrogens is 2. The number of aromatic carboxylic acids is 1. The zero-order valence-corrected chi connectivity index (χ0v) is 8.48. The number of nitrogens with zero attached hydrogens (tertiary/aromatic N) is 2. The molecule has 15 heavy (non-hydrogen) atoms. The Labute approximate surface area is 87.6 Å². The average Bonchev–Trinajstić information content (AvgIpc) is 2.16. The quantitative estimate of drug-likeness (QED) is 0.717. The number of nitrogens with one attached hydrogen (secondary N) is 1. The molecule has 0 spiro atoms. The van der Waals surface area contributed by atoms with Crippen LogP contribution >= 0.6 is 0 Å². The van der Waals surface area contributed by atoms with Crippen LogP contribution in [0, 0.1) is 19.3 Å². The van der Waals surface area contributed by atoms with Crippen molar-refractivity contribution in [3.63, 3.8) is 0 Å². The van der Waals surface area contributed by atoms with Gasteiger partial charge in [0.1, 0.15) is 0 Å². The Kier molecular flexibility index (Phi) is 3.24. The van der Waals surface area contributed by atoms with E-state index in [1.54, 1.807) is 13.8 Å². The van der Waals surface area contributed by atoms with Crippen LogP contribution in [-0.4, -0.2) is 27.1 Å². The average molecular weight is 205 g/mol. The highest BCUT2D eigenvalue weighted by Crippen LogP contribution is 2.05. The Bertz CT molecular complexity index is 423. The molecule has 0 saturated heterocycles. The lowest BCUT2D eigenvalue weighted by atomic mass is 10.3. The van der Waals surface area contributed by atoms with Gasteiger partial charge in [-0.05, 0) is 19.9 Å². The van der Waals surface area contributed by atoms with Crippen LogP contribution in [0.5, 0.6) is 0 Å². The Balaban J connectivity index is 3.00. The van der Waals surface area contributed by atoms with Crippen molar-refractivity contribution in [1.82, 2.24) is 9.97 Å². The van der Waals surface area contributed by atoms with E-state index in [9.17, 15) is 4.79 Å². The monoisotopic (exact) mass is 205 g/mol. The first-order valence-electron chi connectivity index (χ1n) is 4.34. The van der Waals surface area contributed by atoms with Crippen molar-refractivity contribution in [3.05, 3.63) is 17.5 Å². The minimum absolute atomic E-state index is 0.0470. The molecule has 0 amide bonds. The van der Waals surface area contributed by atoms with E-state index in [1.807, 2.05) is 0 Å². The van der Waals surface area contributed by atoms with E-state index in [1.165, 1.54) is 6.07 Å². The van der Waals surface area contributed by atoms with Gasteiger partial charge in [0.05, 0.1) is 6.04 Å². The molecule has 1 aromatic rings. The summed E-state index contributed by atoms with van der Waals surface area (Å²) < 4.78 is 0. The highest BCUT2D eigenvalue weighted by Gasteiger charge is 2.09. The van der Waals surface area contributed by atoms with E-state index in [2.05, 4.69) is 21.2 Å². The Morgan fingerprint density at radius 3 is 2.87 bits per heavy atom. The zero-order chi connectivity index (χ0) is 11.4. The molecule has 5 nitrogen and oxygen atoms in total. The standard InChI is InChI=1S/C10H11N3O2/c1-4-6(2)11-10-12-7(3)5-8(13-10)9(14)15/h1,5-6H,2-3H3,(H,14,15)(H,11,12,13). The number of rotatable bonds is 3. The molecule has 0 aliphatic rings. The van der Waals surface area contributed by atoms with E-state index < -0.39 is 5.97 Å². The van der Waals surface area contributed by atoms with E-state index >= 15 is 0 Å². The molecule has 1 rings (SSSR count). The van der Waals surface area contributed by atoms with Crippen LogP contribution in [0.3, 0.4) is 0 Å². The van der Waals surface area contributed by atoms with Crippen LogP contribution in [-0.2, 0) is 0 Å². The van der Waals surface area contributed by atoms with E-state index in [-0.39, 0.29) is 17.7 Å². The number of carbonyl (C=O) groups is 1. The normalized spacial score (nSPS) is 11.5. The summed E-state index contributed by atoms with van der Waals surface area (Å²) in [6.45, 7) is 3.45. The summed E-state index contributed by atoms with van der Waals surface area (Å²) in [5, 5.41) is 11.6. The molecule has 1 aromatic heterocycles. The van der Waals surface area contributed by atoms with Crippen LogP contribution in [0.15, 0.2) is 6.07 Å². The summed E-state index contributed by atoms with van der Waals surface area (Å²) in [6.07, 6.45) is 5.17. The van der Waals surface area contributed by atoms with Crippen molar-refractivity contribution in [2.45, 2.75) is 19.9 Å². The van der Waals surface area contributed by atoms with Crippen molar-refractivity contribution < 1.29 is 9.90 Å². The van der Waals surface area contributed by atoms with Gasteiger partial charge >= 0.3 is 5.97 Å². The maximum atomic E-state index is 10.7. The third-order valence-corrected chi connectivity index (χ3v) is 1.67.